The minimum Gasteiger partial charge on any atom is -0.481 e. The smallest absolute Gasteiger partial charge is 0.310 e. The van der Waals surface area contributed by atoms with Crippen LogP contribution in [0, 0.1) is 11.8 Å². The molecule has 8 nitrogen and oxygen atoms in total. The van der Waals surface area contributed by atoms with Gasteiger partial charge in [0.25, 0.3) is 0 Å². The zero-order chi connectivity index (χ0) is 22.9. The molecule has 2 amide bonds. The first kappa shape index (κ1) is 24.2. The van der Waals surface area contributed by atoms with Gasteiger partial charge < -0.3 is 24.7 Å². The molecule has 0 aromatic heterocycles. The minimum absolute atomic E-state index is 0.00879. The maximum atomic E-state index is 13.9. The lowest BCUT2D eigenvalue weighted by Gasteiger charge is -2.39. The number of carbonyl (C=O) groups is 3. The number of carboxylic acid groups (broad SMARTS) is 1. The van der Waals surface area contributed by atoms with Crippen molar-refractivity contribution in [3.63, 3.8) is 0 Å². The highest BCUT2D eigenvalue weighted by molar-refractivity contribution is 9.09. The van der Waals surface area contributed by atoms with Gasteiger partial charge in [-0.3, -0.25) is 14.4 Å². The normalized spacial score (nSPS) is 34.6. The van der Waals surface area contributed by atoms with Gasteiger partial charge in [-0.1, -0.05) is 35.4 Å². The van der Waals surface area contributed by atoms with Crippen LogP contribution in [0.3, 0.4) is 0 Å². The Hall–Kier alpha value is -1.45. The van der Waals surface area contributed by atoms with E-state index >= 15 is 0 Å². The first-order valence-electron chi connectivity index (χ1n) is 11.1. The highest BCUT2D eigenvalue weighted by atomic mass is 79.9. The third-order valence-corrected chi connectivity index (χ3v) is 7.81. The Kier molecular flexibility index (Phi) is 7.48. The van der Waals surface area contributed by atoms with Gasteiger partial charge in [0, 0.05) is 30.6 Å². The first-order chi connectivity index (χ1) is 14.7. The van der Waals surface area contributed by atoms with Crippen LogP contribution in [0.5, 0.6) is 0 Å². The van der Waals surface area contributed by atoms with E-state index in [9.17, 15) is 24.6 Å². The van der Waals surface area contributed by atoms with Crippen molar-refractivity contribution in [1.82, 2.24) is 9.80 Å². The molecule has 3 heterocycles. The van der Waals surface area contributed by atoms with E-state index in [1.165, 1.54) is 4.90 Å². The summed E-state index contributed by atoms with van der Waals surface area (Å²) in [6.07, 6.45) is 4.19. The maximum Gasteiger partial charge on any atom is 0.310 e. The Bertz CT molecular complexity index is 733. The number of aliphatic hydroxyl groups excluding tert-OH is 1. The van der Waals surface area contributed by atoms with E-state index in [-0.39, 0.29) is 35.8 Å². The second-order valence-corrected chi connectivity index (χ2v) is 10.1. The Morgan fingerprint density at radius 3 is 2.74 bits per heavy atom. The fraction of sp³-hybridized carbons (Fsp3) is 0.773. The van der Waals surface area contributed by atoms with Crippen LogP contribution in [0.2, 0.25) is 0 Å². The summed E-state index contributed by atoms with van der Waals surface area (Å²) in [5.41, 5.74) is -1.15. The molecule has 3 aliphatic heterocycles. The summed E-state index contributed by atoms with van der Waals surface area (Å²) in [5, 5.41) is 19.1. The third kappa shape index (κ3) is 3.93. The minimum atomic E-state index is -1.15. The summed E-state index contributed by atoms with van der Waals surface area (Å²) in [4.78, 5) is 42.5. The molecule has 4 unspecified atom stereocenters. The molecule has 2 bridgehead atoms. The Morgan fingerprint density at radius 1 is 1.45 bits per heavy atom. The molecule has 3 saturated heterocycles. The zero-order valence-electron chi connectivity index (χ0n) is 18.2. The predicted molar refractivity (Wildman–Crippen MR) is 118 cm³/mol. The van der Waals surface area contributed by atoms with Crippen LogP contribution in [0.4, 0.5) is 0 Å². The lowest BCUT2D eigenvalue weighted by atomic mass is 9.70. The monoisotopic (exact) mass is 500 g/mol. The number of carboxylic acids is 1. The molecule has 0 aliphatic carbocycles. The number of carbonyl (C=O) groups excluding carboxylic acids is 2. The lowest BCUT2D eigenvalue weighted by Crippen LogP contribution is -2.58. The molecule has 3 rings (SSSR count). The standard InChI is InChI=1S/C22H33BrN2O6/c1-4-8-13(3)24(9-5-2)20(28)18-22-12-14(23)17(31-22)15(21(29)30)16(22)19(27)25(18)10-6-7-11-26/h5,13-18,26H,2,4,6-12H2,1,3H3,(H,29,30)/t13?,14?,15-,16+,17-,18?,22?/m1/s1. The number of likely N-dealkylation sites (tertiary alicyclic amines) is 1. The summed E-state index contributed by atoms with van der Waals surface area (Å²) in [7, 11) is 0. The molecule has 9 heteroatoms. The topological polar surface area (TPSA) is 107 Å². The maximum absolute atomic E-state index is 13.9. The molecule has 3 fully saturated rings. The average molecular weight is 501 g/mol. The molecule has 0 aromatic carbocycles. The number of halogens is 1. The van der Waals surface area contributed by atoms with Gasteiger partial charge in [-0.2, -0.15) is 0 Å². The van der Waals surface area contributed by atoms with Crippen LogP contribution in [0.1, 0.15) is 46.0 Å². The highest BCUT2D eigenvalue weighted by Gasteiger charge is 2.76. The number of alkyl halides is 1. The molecule has 0 radical (unpaired) electrons. The van der Waals surface area contributed by atoms with E-state index in [1.807, 2.05) is 6.92 Å². The van der Waals surface area contributed by atoms with Crippen molar-refractivity contribution >= 4 is 33.7 Å². The number of aliphatic hydroxyl groups is 1. The van der Waals surface area contributed by atoms with Crippen LogP contribution in [-0.4, -0.2) is 86.1 Å². The van der Waals surface area contributed by atoms with Crippen molar-refractivity contribution in [3.05, 3.63) is 12.7 Å². The third-order valence-electron chi connectivity index (χ3n) is 6.96. The van der Waals surface area contributed by atoms with Crippen molar-refractivity contribution in [2.45, 2.75) is 74.6 Å². The van der Waals surface area contributed by atoms with Gasteiger partial charge in [0.05, 0.1) is 17.9 Å². The number of hydrogen-bond donors (Lipinski definition) is 2. The molecule has 7 atom stereocenters. The second-order valence-electron chi connectivity index (χ2n) is 8.88. The van der Waals surface area contributed by atoms with E-state index in [0.29, 0.717) is 25.8 Å². The largest absolute Gasteiger partial charge is 0.481 e. The van der Waals surface area contributed by atoms with Gasteiger partial charge in [-0.05, 0) is 32.6 Å². The second kappa shape index (κ2) is 9.58. The van der Waals surface area contributed by atoms with Gasteiger partial charge in [0.2, 0.25) is 11.8 Å². The van der Waals surface area contributed by atoms with E-state index < -0.39 is 35.6 Å². The van der Waals surface area contributed by atoms with Gasteiger partial charge in [0.15, 0.2) is 0 Å². The van der Waals surface area contributed by atoms with Gasteiger partial charge in [-0.25, -0.2) is 0 Å². The molecule has 31 heavy (non-hydrogen) atoms. The number of unbranched alkanes of at least 4 members (excludes halogenated alkanes) is 1. The predicted octanol–water partition coefficient (Wildman–Crippen LogP) is 1.79. The molecule has 2 N–H and O–H groups in total. The molecular formula is C22H33BrN2O6. The first-order valence-corrected chi connectivity index (χ1v) is 12.0. The van der Waals surface area contributed by atoms with E-state index in [2.05, 4.69) is 29.4 Å². The van der Waals surface area contributed by atoms with Crippen LogP contribution >= 0.6 is 15.9 Å². The van der Waals surface area contributed by atoms with Gasteiger partial charge in [-0.15, -0.1) is 6.58 Å². The Balaban J connectivity index is 2.03. The van der Waals surface area contributed by atoms with Crippen molar-refractivity contribution in [2.75, 3.05) is 19.7 Å². The van der Waals surface area contributed by atoms with Crippen LogP contribution in [-0.2, 0) is 19.1 Å². The Morgan fingerprint density at radius 2 is 2.16 bits per heavy atom. The summed E-state index contributed by atoms with van der Waals surface area (Å²) in [6, 6.07) is -0.925. The average Bonchev–Trinajstić information content (AvgIpc) is 3.30. The zero-order valence-corrected chi connectivity index (χ0v) is 19.8. The van der Waals surface area contributed by atoms with Gasteiger partial charge >= 0.3 is 5.97 Å². The van der Waals surface area contributed by atoms with Crippen molar-refractivity contribution in [2.24, 2.45) is 11.8 Å². The van der Waals surface area contributed by atoms with Crippen molar-refractivity contribution in [3.8, 4) is 0 Å². The Labute approximate surface area is 191 Å². The van der Waals surface area contributed by atoms with Crippen LogP contribution in [0.15, 0.2) is 12.7 Å². The summed E-state index contributed by atoms with van der Waals surface area (Å²) < 4.78 is 6.27. The molecular weight excluding hydrogens is 468 g/mol. The number of ether oxygens (including phenoxy) is 1. The van der Waals surface area contributed by atoms with Crippen LogP contribution in [0.25, 0.3) is 0 Å². The van der Waals surface area contributed by atoms with E-state index in [0.717, 1.165) is 12.8 Å². The highest BCUT2D eigenvalue weighted by Crippen LogP contribution is 2.60. The molecule has 0 saturated carbocycles. The quantitative estimate of drug-likeness (QED) is 0.254. The van der Waals surface area contributed by atoms with Gasteiger partial charge in [0.1, 0.15) is 11.6 Å². The number of amides is 2. The molecule has 3 aliphatic rings. The molecule has 174 valence electrons. The SMILES string of the molecule is C=CCN(C(=O)C1N(CCCCO)C(=O)[C@@H]2[C@@H](C(=O)O)[C@@H]3OC12CC3Br)C(C)CCC. The fourth-order valence-electron chi connectivity index (χ4n) is 5.68. The van der Waals surface area contributed by atoms with Crippen molar-refractivity contribution < 1.29 is 29.3 Å². The number of hydrogen-bond acceptors (Lipinski definition) is 5. The lowest BCUT2D eigenvalue weighted by molar-refractivity contribution is -0.151. The van der Waals surface area contributed by atoms with E-state index in [4.69, 9.17) is 4.74 Å². The van der Waals surface area contributed by atoms with E-state index in [1.54, 1.807) is 11.0 Å². The fourth-order valence-corrected chi connectivity index (χ4v) is 6.63. The summed E-state index contributed by atoms with van der Waals surface area (Å²) >= 11 is 3.54. The van der Waals surface area contributed by atoms with Crippen LogP contribution < -0.4 is 0 Å². The number of rotatable bonds is 11. The summed E-state index contributed by atoms with van der Waals surface area (Å²) in [5.74, 6) is -3.47. The number of fused-ring (bicyclic) bond motifs is 1. The van der Waals surface area contributed by atoms with Crippen molar-refractivity contribution in [1.29, 1.82) is 0 Å². The number of aliphatic carboxylic acids is 1. The molecule has 1 spiro atoms. The number of nitrogens with zero attached hydrogens (tertiary/aromatic N) is 2. The molecule has 0 aromatic rings. The summed E-state index contributed by atoms with van der Waals surface area (Å²) in [6.45, 7) is 8.44.